The van der Waals surface area contributed by atoms with Crippen LogP contribution in [-0.2, 0) is 16.1 Å². The van der Waals surface area contributed by atoms with E-state index in [-0.39, 0.29) is 17.8 Å². The van der Waals surface area contributed by atoms with Crippen LogP contribution in [0.4, 0.5) is 5.69 Å². The Morgan fingerprint density at radius 1 is 1.21 bits per heavy atom. The molecule has 8 nitrogen and oxygen atoms in total. The molecule has 0 bridgehead atoms. The minimum absolute atomic E-state index is 0.0623. The molecule has 1 unspecified atom stereocenters. The number of anilines is 1. The van der Waals surface area contributed by atoms with E-state index in [1.165, 1.54) is 0 Å². The summed E-state index contributed by atoms with van der Waals surface area (Å²) in [7, 11) is 0. The Balaban J connectivity index is 1.34. The van der Waals surface area contributed by atoms with Crippen LogP contribution in [0.2, 0.25) is 10.0 Å². The van der Waals surface area contributed by atoms with Crippen molar-refractivity contribution in [2.45, 2.75) is 26.3 Å². The molecule has 0 saturated carbocycles. The smallest absolute Gasteiger partial charge is 0.338 e. The Hall–Kier alpha value is -2.94. The van der Waals surface area contributed by atoms with Gasteiger partial charge in [-0.05, 0) is 68.8 Å². The molecule has 0 aliphatic carbocycles. The number of ether oxygens (including phenoxy) is 1. The molecule has 178 valence electrons. The second-order valence-corrected chi connectivity index (χ2v) is 8.84. The summed E-state index contributed by atoms with van der Waals surface area (Å²) in [6, 6.07) is 11.8. The van der Waals surface area contributed by atoms with Crippen molar-refractivity contribution < 1.29 is 18.8 Å². The van der Waals surface area contributed by atoms with Crippen LogP contribution in [0.1, 0.15) is 36.0 Å². The van der Waals surface area contributed by atoms with Gasteiger partial charge < -0.3 is 14.6 Å². The first-order valence-corrected chi connectivity index (χ1v) is 11.8. The number of carbonyl (C=O) groups excluding carboxylic acids is 2. The van der Waals surface area contributed by atoms with Crippen LogP contribution in [0.15, 0.2) is 47.0 Å². The van der Waals surface area contributed by atoms with Gasteiger partial charge in [0.05, 0.1) is 29.7 Å². The van der Waals surface area contributed by atoms with E-state index in [4.69, 9.17) is 32.5 Å². The maximum atomic E-state index is 12.8. The third-order valence-electron chi connectivity index (χ3n) is 5.54. The molecular weight excluding hydrogens is 479 g/mol. The van der Waals surface area contributed by atoms with Crippen molar-refractivity contribution in [2.24, 2.45) is 5.92 Å². The van der Waals surface area contributed by atoms with Crippen molar-refractivity contribution in [2.75, 3.05) is 25.0 Å². The van der Waals surface area contributed by atoms with Crippen molar-refractivity contribution in [1.29, 1.82) is 0 Å². The van der Waals surface area contributed by atoms with Crippen molar-refractivity contribution in [3.63, 3.8) is 0 Å². The van der Waals surface area contributed by atoms with E-state index in [0.29, 0.717) is 58.3 Å². The molecule has 1 atom stereocenters. The van der Waals surface area contributed by atoms with Gasteiger partial charge in [0.25, 0.3) is 0 Å². The summed E-state index contributed by atoms with van der Waals surface area (Å²) in [5.74, 6) is 0.232. The van der Waals surface area contributed by atoms with Gasteiger partial charge in [0, 0.05) is 22.8 Å². The molecule has 1 saturated heterocycles. The van der Waals surface area contributed by atoms with Gasteiger partial charge in [0.2, 0.25) is 17.6 Å². The quantitative estimate of drug-likeness (QED) is 0.450. The maximum absolute atomic E-state index is 12.8. The molecule has 0 radical (unpaired) electrons. The number of nitrogens with one attached hydrogen (secondary N) is 1. The topological polar surface area (TPSA) is 97.6 Å². The fourth-order valence-electron chi connectivity index (χ4n) is 3.85. The number of nitrogens with zero attached hydrogens (tertiary/aromatic N) is 3. The Kier molecular flexibility index (Phi) is 7.82. The Morgan fingerprint density at radius 2 is 2.00 bits per heavy atom. The summed E-state index contributed by atoms with van der Waals surface area (Å²) in [5, 5.41) is 7.95. The molecule has 1 N–H and O–H groups in total. The number of amides is 1. The minimum atomic E-state index is -0.384. The summed E-state index contributed by atoms with van der Waals surface area (Å²) in [6.07, 6.45) is 1.67. The molecule has 1 fully saturated rings. The lowest BCUT2D eigenvalue weighted by Gasteiger charge is -2.30. The number of benzene rings is 2. The Labute approximate surface area is 207 Å². The van der Waals surface area contributed by atoms with Crippen molar-refractivity contribution in [3.05, 3.63) is 64.0 Å². The summed E-state index contributed by atoms with van der Waals surface area (Å²) in [5.41, 5.74) is 1.73. The zero-order valence-electron chi connectivity index (χ0n) is 18.6. The largest absolute Gasteiger partial charge is 0.462 e. The number of esters is 1. The fourth-order valence-corrected chi connectivity index (χ4v) is 4.35. The summed E-state index contributed by atoms with van der Waals surface area (Å²) >= 11 is 12.2. The molecule has 1 aliphatic heterocycles. The van der Waals surface area contributed by atoms with E-state index in [1.54, 1.807) is 49.4 Å². The minimum Gasteiger partial charge on any atom is -0.462 e. The van der Waals surface area contributed by atoms with E-state index in [1.807, 2.05) is 0 Å². The van der Waals surface area contributed by atoms with E-state index in [0.717, 1.165) is 19.4 Å². The number of halogens is 2. The number of carbonyl (C=O) groups is 2. The highest BCUT2D eigenvalue weighted by Crippen LogP contribution is 2.29. The molecule has 10 heteroatoms. The lowest BCUT2D eigenvalue weighted by molar-refractivity contribution is -0.121. The molecule has 1 aliphatic rings. The monoisotopic (exact) mass is 502 g/mol. The summed E-state index contributed by atoms with van der Waals surface area (Å²) in [6.45, 7) is 3.92. The summed E-state index contributed by atoms with van der Waals surface area (Å²) < 4.78 is 10.4. The molecule has 34 heavy (non-hydrogen) atoms. The van der Waals surface area contributed by atoms with Gasteiger partial charge in [0.1, 0.15) is 0 Å². The van der Waals surface area contributed by atoms with Crippen LogP contribution < -0.4 is 5.32 Å². The number of hydrogen-bond acceptors (Lipinski definition) is 7. The third kappa shape index (κ3) is 5.94. The zero-order chi connectivity index (χ0) is 24.1. The molecule has 1 aromatic heterocycles. The molecular formula is C24H24Cl2N4O4. The number of hydrogen-bond donors (Lipinski definition) is 1. The highest BCUT2D eigenvalue weighted by atomic mass is 35.5. The molecule has 3 aromatic rings. The SMILES string of the molecule is CCOC(=O)c1ccc(NC(=O)C2CCCN(Cc3nc(-c4ccc(Cl)cc4Cl)no3)C2)cc1. The van der Waals surface area contributed by atoms with Crippen molar-refractivity contribution in [1.82, 2.24) is 15.0 Å². The van der Waals surface area contributed by atoms with Gasteiger partial charge in [-0.3, -0.25) is 9.69 Å². The lowest BCUT2D eigenvalue weighted by Crippen LogP contribution is -2.40. The van der Waals surface area contributed by atoms with Crippen molar-refractivity contribution in [3.8, 4) is 11.4 Å². The second kappa shape index (κ2) is 11.0. The summed E-state index contributed by atoms with van der Waals surface area (Å²) in [4.78, 5) is 31.2. The molecule has 2 heterocycles. The first kappa shape index (κ1) is 24.2. The van der Waals surface area contributed by atoms with E-state index < -0.39 is 0 Å². The van der Waals surface area contributed by atoms with E-state index >= 15 is 0 Å². The first-order valence-electron chi connectivity index (χ1n) is 11.0. The number of aromatic nitrogens is 2. The van der Waals surface area contributed by atoms with Crippen molar-refractivity contribution >= 4 is 40.8 Å². The second-order valence-electron chi connectivity index (χ2n) is 8.00. The van der Waals surface area contributed by atoms with Crippen LogP contribution in [0, 0.1) is 5.92 Å². The Morgan fingerprint density at radius 3 is 2.74 bits per heavy atom. The fraction of sp³-hybridized carbons (Fsp3) is 0.333. The van der Waals surface area contributed by atoms with Gasteiger partial charge in [-0.2, -0.15) is 4.98 Å². The van der Waals surface area contributed by atoms with E-state index in [2.05, 4.69) is 20.4 Å². The number of rotatable bonds is 7. The predicted molar refractivity (Wildman–Crippen MR) is 129 cm³/mol. The average Bonchev–Trinajstić information content (AvgIpc) is 3.28. The van der Waals surface area contributed by atoms with Gasteiger partial charge in [0.15, 0.2) is 0 Å². The Bertz CT molecular complexity index is 1170. The van der Waals surface area contributed by atoms with Crippen LogP contribution >= 0.6 is 23.2 Å². The van der Waals surface area contributed by atoms with E-state index in [9.17, 15) is 9.59 Å². The average molecular weight is 503 g/mol. The molecule has 2 aromatic carbocycles. The van der Waals surface area contributed by atoms with Crippen LogP contribution in [0.3, 0.4) is 0 Å². The van der Waals surface area contributed by atoms with Gasteiger partial charge in [-0.15, -0.1) is 0 Å². The highest BCUT2D eigenvalue weighted by Gasteiger charge is 2.27. The zero-order valence-corrected chi connectivity index (χ0v) is 20.1. The standard InChI is InChI=1S/C24H24Cl2N4O4/c1-2-33-24(32)15-5-8-18(9-6-15)27-23(31)16-4-3-11-30(13-16)14-21-28-22(29-34-21)19-10-7-17(25)12-20(19)26/h5-10,12,16H,2-4,11,13-14H2,1H3,(H,27,31). The first-order chi connectivity index (χ1) is 16.4. The van der Waals surface area contributed by atoms with Crippen LogP contribution in [0.5, 0.6) is 0 Å². The van der Waals surface area contributed by atoms with Crippen LogP contribution in [-0.4, -0.2) is 46.6 Å². The normalized spacial score (nSPS) is 16.3. The molecule has 0 spiro atoms. The number of likely N-dealkylation sites (tertiary alicyclic amines) is 1. The predicted octanol–water partition coefficient (Wildman–Crippen LogP) is 5.07. The molecule has 4 rings (SSSR count). The highest BCUT2D eigenvalue weighted by molar-refractivity contribution is 6.36. The molecule has 1 amide bonds. The number of piperidine rings is 1. The van der Waals surface area contributed by atoms with Gasteiger partial charge in [-0.1, -0.05) is 28.4 Å². The lowest BCUT2D eigenvalue weighted by atomic mass is 9.97. The van der Waals surface area contributed by atoms with Gasteiger partial charge >= 0.3 is 5.97 Å². The maximum Gasteiger partial charge on any atom is 0.338 e. The van der Waals surface area contributed by atoms with Gasteiger partial charge in [-0.25, -0.2) is 4.79 Å². The third-order valence-corrected chi connectivity index (χ3v) is 6.09. The van der Waals surface area contributed by atoms with Crippen LogP contribution in [0.25, 0.3) is 11.4 Å².